The summed E-state index contributed by atoms with van der Waals surface area (Å²) in [6, 6.07) is 13.3. The molecule has 0 aliphatic carbocycles. The second-order valence-corrected chi connectivity index (χ2v) is 8.00. The first-order valence-electron chi connectivity index (χ1n) is 10.9. The third-order valence-electron chi connectivity index (χ3n) is 5.90. The molecule has 5 rings (SSSR count). The predicted octanol–water partition coefficient (Wildman–Crippen LogP) is 1.74. The fourth-order valence-electron chi connectivity index (χ4n) is 4.24. The molecule has 1 saturated heterocycles. The van der Waals surface area contributed by atoms with E-state index in [1.54, 1.807) is 47.4 Å². The Bertz CT molecular complexity index is 1280. The van der Waals surface area contributed by atoms with Crippen molar-refractivity contribution in [2.75, 3.05) is 50.8 Å². The van der Waals surface area contributed by atoms with E-state index in [4.69, 9.17) is 4.74 Å². The number of ether oxygens (including phenoxy) is 1. The molecule has 170 valence electrons. The summed E-state index contributed by atoms with van der Waals surface area (Å²) in [5.41, 5.74) is 0.711. The lowest BCUT2D eigenvalue weighted by Gasteiger charge is -2.28. The Balaban J connectivity index is 1.54. The maximum absolute atomic E-state index is 14.7. The van der Waals surface area contributed by atoms with Crippen molar-refractivity contribution in [2.45, 2.75) is 0 Å². The highest BCUT2D eigenvalue weighted by atomic mass is 19.1. The number of nitrogens with one attached hydrogen (secondary N) is 2. The number of carbonyl (C=O) groups is 1. The first-order chi connectivity index (χ1) is 16.1. The first-order valence-corrected chi connectivity index (χ1v) is 10.9. The zero-order chi connectivity index (χ0) is 22.8. The first kappa shape index (κ1) is 21.3. The predicted molar refractivity (Wildman–Crippen MR) is 123 cm³/mol. The summed E-state index contributed by atoms with van der Waals surface area (Å²) in [4.78, 5) is 37.0. The molecule has 0 radical (unpaired) electrons. The van der Waals surface area contributed by atoms with Gasteiger partial charge in [0.1, 0.15) is 23.0 Å². The normalized spacial score (nSPS) is 17.2. The SMILES string of the molecule is O=C1CN(c2ccccc2F)C(NCCN2CCOCC2)=C1c1nc2ccccc2c(=O)[nH]1. The van der Waals surface area contributed by atoms with Crippen molar-refractivity contribution in [3.05, 3.63) is 76.3 Å². The van der Waals surface area contributed by atoms with Gasteiger partial charge in [0, 0.05) is 26.2 Å². The molecule has 8 nitrogen and oxygen atoms in total. The number of aromatic nitrogens is 2. The van der Waals surface area contributed by atoms with E-state index in [0.717, 1.165) is 19.6 Å². The highest BCUT2D eigenvalue weighted by Gasteiger charge is 2.34. The molecule has 33 heavy (non-hydrogen) atoms. The maximum Gasteiger partial charge on any atom is 0.259 e. The van der Waals surface area contributed by atoms with Gasteiger partial charge in [-0.3, -0.25) is 14.5 Å². The van der Waals surface area contributed by atoms with Gasteiger partial charge in [0.05, 0.1) is 36.3 Å². The number of halogens is 1. The molecule has 0 amide bonds. The maximum atomic E-state index is 14.7. The molecule has 0 unspecified atom stereocenters. The summed E-state index contributed by atoms with van der Waals surface area (Å²) in [6.07, 6.45) is 0. The number of carbonyl (C=O) groups excluding carboxylic acids is 1. The molecule has 0 atom stereocenters. The van der Waals surface area contributed by atoms with E-state index in [1.165, 1.54) is 6.07 Å². The van der Waals surface area contributed by atoms with Crippen LogP contribution in [0.15, 0.2) is 59.1 Å². The smallest absolute Gasteiger partial charge is 0.259 e. The third kappa shape index (κ3) is 4.24. The summed E-state index contributed by atoms with van der Waals surface area (Å²) in [5, 5.41) is 3.77. The van der Waals surface area contributed by atoms with E-state index < -0.39 is 5.82 Å². The van der Waals surface area contributed by atoms with Crippen molar-refractivity contribution in [2.24, 2.45) is 0 Å². The number of hydrogen-bond acceptors (Lipinski definition) is 7. The van der Waals surface area contributed by atoms with Crippen LogP contribution in [-0.4, -0.2) is 66.6 Å². The lowest BCUT2D eigenvalue weighted by molar-refractivity contribution is -0.112. The van der Waals surface area contributed by atoms with Crippen molar-refractivity contribution < 1.29 is 13.9 Å². The summed E-state index contributed by atoms with van der Waals surface area (Å²) >= 11 is 0. The number of rotatable bonds is 6. The van der Waals surface area contributed by atoms with Crippen LogP contribution in [0, 0.1) is 5.82 Å². The van der Waals surface area contributed by atoms with Crippen LogP contribution in [0.3, 0.4) is 0 Å². The molecule has 1 aromatic heterocycles. The molecule has 2 aromatic carbocycles. The Morgan fingerprint density at radius 1 is 1.06 bits per heavy atom. The van der Waals surface area contributed by atoms with Gasteiger partial charge in [0.2, 0.25) is 0 Å². The topological polar surface area (TPSA) is 90.6 Å². The van der Waals surface area contributed by atoms with Crippen LogP contribution in [0.2, 0.25) is 0 Å². The van der Waals surface area contributed by atoms with Crippen molar-refractivity contribution in [1.29, 1.82) is 0 Å². The van der Waals surface area contributed by atoms with Crippen LogP contribution in [0.5, 0.6) is 0 Å². The van der Waals surface area contributed by atoms with Gasteiger partial charge in [-0.25, -0.2) is 9.37 Å². The molecule has 2 aliphatic rings. The summed E-state index contributed by atoms with van der Waals surface area (Å²) in [7, 11) is 0. The number of fused-ring (bicyclic) bond motifs is 1. The highest BCUT2D eigenvalue weighted by molar-refractivity contribution is 6.26. The lowest BCUT2D eigenvalue weighted by atomic mass is 10.1. The fraction of sp³-hybridized carbons (Fsp3) is 0.292. The Labute approximate surface area is 189 Å². The number of aromatic amines is 1. The van der Waals surface area contributed by atoms with Crippen molar-refractivity contribution in [1.82, 2.24) is 20.2 Å². The Morgan fingerprint density at radius 3 is 2.64 bits per heavy atom. The van der Waals surface area contributed by atoms with Gasteiger partial charge in [-0.15, -0.1) is 0 Å². The summed E-state index contributed by atoms with van der Waals surface area (Å²) in [6.45, 7) is 4.28. The largest absolute Gasteiger partial charge is 0.379 e. The Hall–Kier alpha value is -3.56. The molecular formula is C24H24FN5O3. The number of ketones is 1. The second-order valence-electron chi connectivity index (χ2n) is 8.00. The van der Waals surface area contributed by atoms with Crippen molar-refractivity contribution in [3.8, 4) is 0 Å². The van der Waals surface area contributed by atoms with E-state index in [9.17, 15) is 14.0 Å². The lowest BCUT2D eigenvalue weighted by Crippen LogP contribution is -2.41. The monoisotopic (exact) mass is 449 g/mol. The van der Waals surface area contributed by atoms with Crippen molar-refractivity contribution >= 4 is 27.9 Å². The number of hydrogen-bond donors (Lipinski definition) is 2. The highest BCUT2D eigenvalue weighted by Crippen LogP contribution is 2.31. The minimum absolute atomic E-state index is 0.0489. The van der Waals surface area contributed by atoms with Gasteiger partial charge in [-0.1, -0.05) is 24.3 Å². The molecule has 9 heteroatoms. The van der Waals surface area contributed by atoms with Gasteiger partial charge in [0.25, 0.3) is 5.56 Å². The van der Waals surface area contributed by atoms with Crippen LogP contribution < -0.4 is 15.8 Å². The Morgan fingerprint density at radius 2 is 1.82 bits per heavy atom. The number of para-hydroxylation sites is 2. The standard InChI is InChI=1S/C24H24FN5O3/c25-17-6-2-4-8-19(17)30-15-20(31)21(23(30)26-9-10-29-11-13-33-14-12-29)22-27-18-7-3-1-5-16(18)24(32)28-22/h1-8,26H,9-15H2,(H,27,28,32). The summed E-state index contributed by atoms with van der Waals surface area (Å²) in [5.74, 6) is -0.0576. The number of H-pyrrole nitrogens is 1. The zero-order valence-corrected chi connectivity index (χ0v) is 18.0. The van der Waals surface area contributed by atoms with Crippen LogP contribution in [0.4, 0.5) is 10.1 Å². The minimum Gasteiger partial charge on any atom is -0.379 e. The van der Waals surface area contributed by atoms with Gasteiger partial charge in [0.15, 0.2) is 5.78 Å². The molecule has 1 fully saturated rings. The second kappa shape index (κ2) is 9.13. The van der Waals surface area contributed by atoms with Gasteiger partial charge in [-0.05, 0) is 24.3 Å². The van der Waals surface area contributed by atoms with Gasteiger partial charge < -0.3 is 19.9 Å². The van der Waals surface area contributed by atoms with E-state index >= 15 is 0 Å². The third-order valence-corrected chi connectivity index (χ3v) is 5.90. The molecule has 3 aromatic rings. The molecule has 3 heterocycles. The number of Topliss-reactive ketones (excluding diaryl/α,β-unsaturated/α-hetero) is 1. The molecule has 0 bridgehead atoms. The van der Waals surface area contributed by atoms with Crippen LogP contribution in [0.1, 0.15) is 5.82 Å². The van der Waals surface area contributed by atoms with E-state index in [2.05, 4.69) is 20.2 Å². The molecule has 2 aliphatic heterocycles. The number of anilines is 1. The molecule has 0 saturated carbocycles. The molecule has 0 spiro atoms. The number of benzene rings is 2. The Kier molecular flexibility index (Phi) is 5.89. The van der Waals surface area contributed by atoms with Gasteiger partial charge >= 0.3 is 0 Å². The number of morpholine rings is 1. The van der Waals surface area contributed by atoms with E-state index in [-0.39, 0.29) is 35.0 Å². The number of nitrogens with zero attached hydrogens (tertiary/aromatic N) is 3. The minimum atomic E-state index is -0.431. The summed E-state index contributed by atoms with van der Waals surface area (Å²) < 4.78 is 20.1. The van der Waals surface area contributed by atoms with Crippen LogP contribution in [0.25, 0.3) is 16.5 Å². The fourth-order valence-corrected chi connectivity index (χ4v) is 4.24. The van der Waals surface area contributed by atoms with E-state index in [0.29, 0.717) is 36.5 Å². The van der Waals surface area contributed by atoms with Crippen LogP contribution >= 0.6 is 0 Å². The average Bonchev–Trinajstić information content (AvgIpc) is 3.15. The van der Waals surface area contributed by atoms with Crippen molar-refractivity contribution in [3.63, 3.8) is 0 Å². The molecule has 2 N–H and O–H groups in total. The molecular weight excluding hydrogens is 425 g/mol. The average molecular weight is 449 g/mol. The van der Waals surface area contributed by atoms with Gasteiger partial charge in [-0.2, -0.15) is 0 Å². The zero-order valence-electron chi connectivity index (χ0n) is 18.0. The van der Waals surface area contributed by atoms with Crippen LogP contribution in [-0.2, 0) is 9.53 Å². The van der Waals surface area contributed by atoms with E-state index in [1.807, 2.05) is 0 Å². The quantitative estimate of drug-likeness (QED) is 0.593.